The molecule has 0 spiro atoms. The second-order valence-corrected chi connectivity index (χ2v) is 9.34. The number of pyridine rings is 1. The van der Waals surface area contributed by atoms with Gasteiger partial charge in [0.1, 0.15) is 12.1 Å². The number of carboxylic acid groups (broad SMARTS) is 1. The Kier molecular flexibility index (Phi) is 5.53. The van der Waals surface area contributed by atoms with Crippen LogP contribution in [0, 0.1) is 23.2 Å². The summed E-state index contributed by atoms with van der Waals surface area (Å²) in [6.45, 7) is 5.75. The molecule has 8 heteroatoms. The number of nitrogens with zero attached hydrogens (tertiary/aromatic N) is 2. The van der Waals surface area contributed by atoms with Crippen molar-refractivity contribution in [2.24, 2.45) is 23.2 Å². The van der Waals surface area contributed by atoms with Crippen LogP contribution < -0.4 is 5.32 Å². The quantitative estimate of drug-likeness (QED) is 0.690. The number of aliphatic carboxylic acids is 1. The van der Waals surface area contributed by atoms with Crippen LogP contribution in [0.25, 0.3) is 0 Å². The molecular weight excluding hydrogens is 386 g/mol. The summed E-state index contributed by atoms with van der Waals surface area (Å²) in [7, 11) is 0. The highest BCUT2D eigenvalue weighted by Gasteiger charge is 2.69. The third kappa shape index (κ3) is 3.93. The van der Waals surface area contributed by atoms with Crippen molar-refractivity contribution in [3.8, 4) is 0 Å². The van der Waals surface area contributed by atoms with Crippen LogP contribution >= 0.6 is 0 Å². The van der Waals surface area contributed by atoms with Crippen LogP contribution in [-0.2, 0) is 25.5 Å². The number of piperidine rings is 1. The number of amides is 2. The molecule has 162 valence electrons. The molecule has 2 saturated heterocycles. The average molecular weight is 415 g/mol. The van der Waals surface area contributed by atoms with Gasteiger partial charge in [0.15, 0.2) is 0 Å². The molecule has 5 atom stereocenters. The Labute approximate surface area is 176 Å². The number of nitrogens with one attached hydrogen (secondary N) is 1. The van der Waals surface area contributed by atoms with Gasteiger partial charge in [0.2, 0.25) is 11.8 Å². The van der Waals surface area contributed by atoms with E-state index in [1.54, 1.807) is 24.5 Å². The van der Waals surface area contributed by atoms with Gasteiger partial charge in [-0.05, 0) is 41.4 Å². The van der Waals surface area contributed by atoms with Crippen LogP contribution in [-0.4, -0.2) is 64.6 Å². The van der Waals surface area contributed by atoms with E-state index < -0.39 is 18.1 Å². The lowest BCUT2D eigenvalue weighted by atomic mass is 9.98. The summed E-state index contributed by atoms with van der Waals surface area (Å²) in [5, 5.41) is 12.7. The Balaban J connectivity index is 1.50. The molecule has 0 radical (unpaired) electrons. The normalized spacial score (nSPS) is 29.9. The molecule has 8 nitrogen and oxygen atoms in total. The van der Waals surface area contributed by atoms with Crippen molar-refractivity contribution in [3.63, 3.8) is 0 Å². The third-order valence-electron chi connectivity index (χ3n) is 7.07. The van der Waals surface area contributed by atoms with E-state index in [0.717, 1.165) is 12.0 Å². The maximum Gasteiger partial charge on any atom is 0.326 e. The van der Waals surface area contributed by atoms with Gasteiger partial charge in [0.25, 0.3) is 0 Å². The number of carbonyl (C=O) groups is 3. The lowest BCUT2D eigenvalue weighted by molar-refractivity contribution is -0.151. The van der Waals surface area contributed by atoms with E-state index in [9.17, 15) is 19.5 Å². The summed E-state index contributed by atoms with van der Waals surface area (Å²) >= 11 is 0. The zero-order valence-corrected chi connectivity index (χ0v) is 17.4. The monoisotopic (exact) mass is 415 g/mol. The number of hydrogen-bond acceptors (Lipinski definition) is 5. The summed E-state index contributed by atoms with van der Waals surface area (Å²) in [5.74, 6) is -1.18. The van der Waals surface area contributed by atoms with Crippen LogP contribution in [0.4, 0.5) is 0 Å². The Morgan fingerprint density at radius 3 is 2.70 bits per heavy atom. The van der Waals surface area contributed by atoms with Gasteiger partial charge in [-0.25, -0.2) is 4.79 Å². The van der Waals surface area contributed by atoms with Gasteiger partial charge >= 0.3 is 5.97 Å². The van der Waals surface area contributed by atoms with Gasteiger partial charge in [-0.1, -0.05) is 13.8 Å². The molecule has 0 aromatic carbocycles. The minimum atomic E-state index is -0.974. The standard InChI is InChI=1S/C22H29N3O5/c1-22(2)15-11-25(19(18(15)22)21(28)29)20(27)16(9-13-3-6-23-7-4-13)24-17(26)10-14-5-8-30-12-14/h3-4,6-7,14-16,18-19H,5,8-12H2,1-2H3,(H,24,26)(H,28,29)/t14-,15+,16?,18+,19+/m1/s1. The van der Waals surface area contributed by atoms with E-state index >= 15 is 0 Å². The number of likely N-dealkylation sites (tertiary alicyclic amines) is 1. The fraction of sp³-hybridized carbons (Fsp3) is 0.636. The molecular formula is C22H29N3O5. The SMILES string of the molecule is CC1(C)[C@@H]2[C@@H](C(=O)O)N(C(=O)C(Cc3ccncc3)NC(=O)C[C@H]3CCOC3)C[C@@H]21. The average Bonchev–Trinajstić information content (AvgIpc) is 3.14. The van der Waals surface area contributed by atoms with Crippen molar-refractivity contribution >= 4 is 17.8 Å². The van der Waals surface area contributed by atoms with Crippen LogP contribution in [0.5, 0.6) is 0 Å². The maximum absolute atomic E-state index is 13.4. The van der Waals surface area contributed by atoms with E-state index in [-0.39, 0.29) is 35.0 Å². The molecule has 1 aromatic rings. The lowest BCUT2D eigenvalue weighted by Gasteiger charge is -2.31. The zero-order valence-electron chi connectivity index (χ0n) is 17.4. The first-order chi connectivity index (χ1) is 14.3. The number of carboxylic acids is 1. The first-order valence-electron chi connectivity index (χ1n) is 10.6. The number of rotatable bonds is 7. The Morgan fingerprint density at radius 2 is 2.07 bits per heavy atom. The summed E-state index contributed by atoms with van der Waals surface area (Å²) in [4.78, 5) is 43.5. The molecule has 1 aromatic heterocycles. The fourth-order valence-electron chi connectivity index (χ4n) is 5.21. The molecule has 2 amide bonds. The predicted molar refractivity (Wildman–Crippen MR) is 107 cm³/mol. The molecule has 1 aliphatic carbocycles. The van der Waals surface area contributed by atoms with Crippen LogP contribution in [0.2, 0.25) is 0 Å². The highest BCUT2D eigenvalue weighted by Crippen LogP contribution is 2.64. The zero-order chi connectivity index (χ0) is 21.5. The minimum Gasteiger partial charge on any atom is -0.480 e. The molecule has 3 aliphatic rings. The number of ether oxygens (including phenoxy) is 1. The Bertz CT molecular complexity index is 821. The molecule has 2 aliphatic heterocycles. The highest BCUT2D eigenvalue weighted by molar-refractivity contribution is 5.92. The molecule has 30 heavy (non-hydrogen) atoms. The van der Waals surface area contributed by atoms with Crippen molar-refractivity contribution in [2.45, 2.75) is 45.2 Å². The van der Waals surface area contributed by atoms with Crippen molar-refractivity contribution in [2.75, 3.05) is 19.8 Å². The fourth-order valence-corrected chi connectivity index (χ4v) is 5.21. The van der Waals surface area contributed by atoms with Gasteiger partial charge in [-0.15, -0.1) is 0 Å². The summed E-state index contributed by atoms with van der Waals surface area (Å²) < 4.78 is 5.34. The van der Waals surface area contributed by atoms with Crippen LogP contribution in [0.3, 0.4) is 0 Å². The largest absolute Gasteiger partial charge is 0.480 e. The topological polar surface area (TPSA) is 109 Å². The molecule has 0 bridgehead atoms. The second-order valence-electron chi connectivity index (χ2n) is 9.34. The summed E-state index contributed by atoms with van der Waals surface area (Å²) in [6.07, 6.45) is 4.73. The number of aromatic nitrogens is 1. The molecule has 2 N–H and O–H groups in total. The van der Waals surface area contributed by atoms with Crippen molar-refractivity contribution in [1.82, 2.24) is 15.2 Å². The van der Waals surface area contributed by atoms with E-state index in [1.165, 1.54) is 4.90 Å². The van der Waals surface area contributed by atoms with Crippen LogP contribution in [0.15, 0.2) is 24.5 Å². The van der Waals surface area contributed by atoms with E-state index in [4.69, 9.17) is 4.74 Å². The molecule has 3 heterocycles. The Morgan fingerprint density at radius 1 is 1.33 bits per heavy atom. The van der Waals surface area contributed by atoms with Crippen molar-refractivity contribution < 1.29 is 24.2 Å². The summed E-state index contributed by atoms with van der Waals surface area (Å²) in [5.41, 5.74) is 0.802. The van der Waals surface area contributed by atoms with Gasteiger partial charge in [0.05, 0.1) is 0 Å². The summed E-state index contributed by atoms with van der Waals surface area (Å²) in [6, 6.07) is 1.97. The minimum absolute atomic E-state index is 0.0353. The van der Waals surface area contributed by atoms with Gasteiger partial charge in [0, 0.05) is 50.9 Å². The van der Waals surface area contributed by atoms with Gasteiger partial charge < -0.3 is 20.1 Å². The van der Waals surface area contributed by atoms with E-state index in [0.29, 0.717) is 32.6 Å². The van der Waals surface area contributed by atoms with Crippen LogP contribution in [0.1, 0.15) is 32.3 Å². The first-order valence-corrected chi connectivity index (χ1v) is 10.6. The third-order valence-corrected chi connectivity index (χ3v) is 7.07. The Hall–Kier alpha value is -2.48. The molecule has 1 unspecified atom stereocenters. The molecule has 1 saturated carbocycles. The molecule has 3 fully saturated rings. The lowest BCUT2D eigenvalue weighted by Crippen LogP contribution is -2.54. The van der Waals surface area contributed by atoms with E-state index in [1.807, 2.05) is 0 Å². The number of carbonyl (C=O) groups excluding carboxylic acids is 2. The smallest absolute Gasteiger partial charge is 0.326 e. The number of fused-ring (bicyclic) bond motifs is 1. The highest BCUT2D eigenvalue weighted by atomic mass is 16.5. The van der Waals surface area contributed by atoms with Crippen molar-refractivity contribution in [3.05, 3.63) is 30.1 Å². The maximum atomic E-state index is 13.4. The van der Waals surface area contributed by atoms with Gasteiger partial charge in [-0.3, -0.25) is 14.6 Å². The predicted octanol–water partition coefficient (Wildman–Crippen LogP) is 1.10. The molecule has 4 rings (SSSR count). The van der Waals surface area contributed by atoms with Crippen molar-refractivity contribution in [1.29, 1.82) is 0 Å². The van der Waals surface area contributed by atoms with Gasteiger partial charge in [-0.2, -0.15) is 0 Å². The van der Waals surface area contributed by atoms with E-state index in [2.05, 4.69) is 24.1 Å². The second kappa shape index (κ2) is 7.98. The first kappa shape index (κ1) is 20.8. The number of hydrogen-bond donors (Lipinski definition) is 2.